The van der Waals surface area contributed by atoms with E-state index < -0.39 is 52.4 Å². The van der Waals surface area contributed by atoms with Gasteiger partial charge in [-0.1, -0.05) is 84.9 Å². The van der Waals surface area contributed by atoms with Crippen LogP contribution >= 0.6 is 0 Å². The fourth-order valence-corrected chi connectivity index (χ4v) is 6.31. The molecule has 0 unspecified atom stereocenters. The number of halogens is 12. The van der Waals surface area contributed by atoms with E-state index in [1.54, 1.807) is 0 Å². The Balaban J connectivity index is 1.37. The summed E-state index contributed by atoms with van der Waals surface area (Å²) >= 11 is 0. The summed E-state index contributed by atoms with van der Waals surface area (Å²) in [5, 5.41) is 0. The lowest BCUT2D eigenvalue weighted by Crippen LogP contribution is -2.54. The number of anilines is 2. The van der Waals surface area contributed by atoms with E-state index in [-0.39, 0.29) is 56.6 Å². The van der Waals surface area contributed by atoms with E-state index in [0.717, 1.165) is 36.4 Å². The van der Waals surface area contributed by atoms with Crippen molar-refractivity contribution >= 4 is 11.4 Å². The summed E-state index contributed by atoms with van der Waals surface area (Å²) < 4.78 is 182. The Hall–Kier alpha value is -6.32. The van der Waals surface area contributed by atoms with E-state index in [4.69, 9.17) is 20.9 Å². The minimum atomic E-state index is -5.96. The molecule has 0 spiro atoms. The van der Waals surface area contributed by atoms with E-state index >= 15 is 26.3 Å². The van der Waals surface area contributed by atoms with Crippen LogP contribution in [0.5, 0.6) is 23.0 Å². The number of nitrogens with two attached hydrogens (primary N) is 2. The molecule has 6 aromatic rings. The van der Waals surface area contributed by atoms with Gasteiger partial charge in [0.1, 0.15) is 23.0 Å². The quantitative estimate of drug-likeness (QED) is 0.119. The zero-order valence-corrected chi connectivity index (χ0v) is 28.7. The first-order chi connectivity index (χ1) is 26.6. The normalized spacial score (nSPS) is 12.7. The third kappa shape index (κ3) is 8.16. The van der Waals surface area contributed by atoms with Gasteiger partial charge in [-0.2, -0.15) is 52.7 Å². The molecule has 0 saturated carbocycles. The van der Waals surface area contributed by atoms with Crippen molar-refractivity contribution < 1.29 is 62.2 Å². The summed E-state index contributed by atoms with van der Waals surface area (Å²) in [6.45, 7) is 0. The van der Waals surface area contributed by atoms with Crippen LogP contribution in [0.4, 0.5) is 64.1 Å². The molecule has 0 aliphatic heterocycles. The molecule has 0 fully saturated rings. The summed E-state index contributed by atoms with van der Waals surface area (Å²) in [4.78, 5) is 0. The van der Waals surface area contributed by atoms with E-state index in [1.807, 2.05) is 0 Å². The number of hydrogen-bond donors (Lipinski definition) is 2. The Kier molecular flexibility index (Phi) is 10.4. The minimum absolute atomic E-state index is 0.0711. The maximum Gasteiger partial charge on any atom is 0.416 e. The van der Waals surface area contributed by atoms with Crippen molar-refractivity contribution in [3.05, 3.63) is 156 Å². The molecule has 0 amide bonds. The van der Waals surface area contributed by atoms with Crippen LogP contribution in [-0.2, 0) is 17.8 Å². The summed E-state index contributed by atoms with van der Waals surface area (Å²) in [6, 6.07) is 22.9. The molecule has 0 atom stereocenters. The number of hydrogen-bond acceptors (Lipinski definition) is 4. The van der Waals surface area contributed by atoms with Gasteiger partial charge in [-0.3, -0.25) is 0 Å². The fourth-order valence-electron chi connectivity index (χ4n) is 6.31. The average molecular weight is 807 g/mol. The highest BCUT2D eigenvalue weighted by Crippen LogP contribution is 2.57. The lowest BCUT2D eigenvalue weighted by molar-refractivity contribution is -0.288. The second kappa shape index (κ2) is 14.6. The SMILES string of the molecule is Nc1cc(Oc2ccccc2-c2ccc(C(c3ccc(-c4ccccc4Oc4cc(N)cc(C(F)(F)F)c4)cc3)(C(F)(F)F)C(F)(F)F)cc2)cc(C(F)(F)F)c1. The molecule has 4 N–H and O–H groups in total. The van der Waals surface area contributed by atoms with Crippen LogP contribution in [0.3, 0.4) is 0 Å². The average Bonchev–Trinajstić information content (AvgIpc) is 3.11. The first kappa shape index (κ1) is 40.3. The number of alkyl halides is 12. The molecule has 57 heavy (non-hydrogen) atoms. The summed E-state index contributed by atoms with van der Waals surface area (Å²) in [7, 11) is 0. The molecule has 6 aromatic carbocycles. The van der Waals surface area contributed by atoms with Gasteiger partial charge in [0, 0.05) is 34.6 Å². The third-order valence-corrected chi connectivity index (χ3v) is 8.85. The zero-order valence-electron chi connectivity index (χ0n) is 28.7. The smallest absolute Gasteiger partial charge is 0.416 e. The molecule has 0 saturated heterocycles. The van der Waals surface area contributed by atoms with Gasteiger partial charge in [0.25, 0.3) is 0 Å². The molecular weight excluding hydrogens is 780 g/mol. The molecule has 0 bridgehead atoms. The van der Waals surface area contributed by atoms with Gasteiger partial charge in [0.2, 0.25) is 5.41 Å². The van der Waals surface area contributed by atoms with Crippen molar-refractivity contribution in [2.45, 2.75) is 30.1 Å². The van der Waals surface area contributed by atoms with Crippen LogP contribution in [0.1, 0.15) is 22.3 Å². The molecule has 16 heteroatoms. The van der Waals surface area contributed by atoms with Crippen LogP contribution in [0.2, 0.25) is 0 Å². The van der Waals surface area contributed by atoms with Crippen molar-refractivity contribution in [1.29, 1.82) is 0 Å². The first-order valence-corrected chi connectivity index (χ1v) is 16.4. The Morgan fingerprint density at radius 2 is 0.702 bits per heavy atom. The topological polar surface area (TPSA) is 70.5 Å². The van der Waals surface area contributed by atoms with Gasteiger partial charge in [0.05, 0.1) is 11.1 Å². The van der Waals surface area contributed by atoms with Gasteiger partial charge in [-0.25, -0.2) is 0 Å². The Bertz CT molecular complexity index is 2220. The van der Waals surface area contributed by atoms with Crippen LogP contribution in [0.15, 0.2) is 133 Å². The van der Waals surface area contributed by atoms with Gasteiger partial charge in [-0.05, 0) is 58.7 Å². The number of ether oxygens (including phenoxy) is 2. The summed E-state index contributed by atoms with van der Waals surface area (Å²) in [5.74, 6) is -0.786. The predicted molar refractivity (Wildman–Crippen MR) is 189 cm³/mol. The zero-order chi connectivity index (χ0) is 41.6. The third-order valence-electron chi connectivity index (χ3n) is 8.85. The maximum atomic E-state index is 15.1. The minimum Gasteiger partial charge on any atom is -0.457 e. The van der Waals surface area contributed by atoms with Crippen LogP contribution in [0, 0.1) is 0 Å². The summed E-state index contributed by atoms with van der Waals surface area (Å²) in [6.07, 6.45) is -21.4. The number of rotatable bonds is 8. The Morgan fingerprint density at radius 3 is 1.02 bits per heavy atom. The van der Waals surface area contributed by atoms with E-state index in [2.05, 4.69) is 0 Å². The van der Waals surface area contributed by atoms with Gasteiger partial charge >= 0.3 is 24.7 Å². The highest BCUT2D eigenvalue weighted by atomic mass is 19.4. The van der Waals surface area contributed by atoms with Gasteiger partial charge in [0.15, 0.2) is 0 Å². The maximum absolute atomic E-state index is 15.1. The molecule has 0 aliphatic rings. The number of benzene rings is 6. The van der Waals surface area contributed by atoms with Crippen LogP contribution < -0.4 is 20.9 Å². The number of nitrogen functional groups attached to an aromatic ring is 2. The largest absolute Gasteiger partial charge is 0.457 e. The van der Waals surface area contributed by atoms with Gasteiger partial charge in [-0.15, -0.1) is 0 Å². The molecule has 0 radical (unpaired) electrons. The highest BCUT2D eigenvalue weighted by Gasteiger charge is 2.72. The van der Waals surface area contributed by atoms with Crippen molar-refractivity contribution in [1.82, 2.24) is 0 Å². The monoisotopic (exact) mass is 806 g/mol. The van der Waals surface area contributed by atoms with Crippen molar-refractivity contribution in [2.24, 2.45) is 0 Å². The molecule has 0 aromatic heterocycles. The highest BCUT2D eigenvalue weighted by molar-refractivity contribution is 5.73. The Labute approximate surface area is 315 Å². The number of para-hydroxylation sites is 2. The fraction of sp³-hybridized carbons (Fsp3) is 0.122. The predicted octanol–water partition coefficient (Wildman–Crippen LogP) is 13.2. The summed E-state index contributed by atoms with van der Waals surface area (Å²) in [5.41, 5.74) is 1.91. The molecule has 0 aliphatic carbocycles. The Morgan fingerprint density at radius 1 is 0.368 bits per heavy atom. The van der Waals surface area contributed by atoms with E-state index in [0.29, 0.717) is 48.5 Å². The van der Waals surface area contributed by atoms with Gasteiger partial charge < -0.3 is 20.9 Å². The van der Waals surface area contributed by atoms with E-state index in [1.165, 1.54) is 48.5 Å². The van der Waals surface area contributed by atoms with Crippen LogP contribution in [0.25, 0.3) is 22.3 Å². The lowest BCUT2D eigenvalue weighted by Gasteiger charge is -2.38. The second-order valence-corrected chi connectivity index (χ2v) is 12.7. The molecule has 6 rings (SSSR count). The molecular formula is C41H26F12N2O2. The van der Waals surface area contributed by atoms with Crippen molar-refractivity contribution in [2.75, 3.05) is 11.5 Å². The second-order valence-electron chi connectivity index (χ2n) is 12.7. The van der Waals surface area contributed by atoms with Crippen molar-refractivity contribution in [3.63, 3.8) is 0 Å². The molecule has 296 valence electrons. The van der Waals surface area contributed by atoms with Crippen molar-refractivity contribution in [3.8, 4) is 45.3 Å². The standard InChI is InChI=1S/C41H26F12N2O2/c42-38(43,44)27-17-29(54)21-31(19-27)56-35-7-3-1-5-33(35)23-9-13-25(14-10-23)37(40(48,49)50,41(51,52)53)26-15-11-24(12-16-26)34-6-2-4-8-36(34)57-32-20-28(39(45,46)47)18-30(55)22-32/h1-22H,54-55H2. The molecule has 4 nitrogen and oxygen atoms in total. The van der Waals surface area contributed by atoms with E-state index in [9.17, 15) is 26.3 Å². The first-order valence-electron chi connectivity index (χ1n) is 16.4. The molecule has 0 heterocycles. The lowest BCUT2D eigenvalue weighted by atomic mass is 9.72. The van der Waals surface area contributed by atoms with Crippen LogP contribution in [-0.4, -0.2) is 12.4 Å².